The molecule has 0 N–H and O–H groups in total. The maximum absolute atomic E-state index is 12.4. The Kier molecular flexibility index (Phi) is 3.57. The van der Waals surface area contributed by atoms with E-state index in [4.69, 9.17) is 0 Å². The molecule has 0 aliphatic rings. The Morgan fingerprint density at radius 1 is 1.26 bits per heavy atom. The fraction of sp³-hybridized carbons (Fsp3) is 0.167. The molecule has 0 amide bonds. The van der Waals surface area contributed by atoms with Gasteiger partial charge in [-0.25, -0.2) is 9.78 Å². The lowest BCUT2D eigenvalue weighted by Gasteiger charge is -2.06. The Morgan fingerprint density at radius 2 is 1.89 bits per heavy atom. The van der Waals surface area contributed by atoms with Gasteiger partial charge in [-0.1, -0.05) is 12.1 Å². The number of alkyl halides is 3. The van der Waals surface area contributed by atoms with E-state index < -0.39 is 17.7 Å². The largest absolute Gasteiger partial charge is 0.465 e. The van der Waals surface area contributed by atoms with Crippen LogP contribution < -0.4 is 0 Å². The number of esters is 1. The van der Waals surface area contributed by atoms with Crippen LogP contribution in [0, 0.1) is 0 Å². The summed E-state index contributed by atoms with van der Waals surface area (Å²) < 4.78 is 41.7. The molecular formula is C12H8F3NO2S. The van der Waals surface area contributed by atoms with Gasteiger partial charge in [-0.05, 0) is 12.1 Å². The van der Waals surface area contributed by atoms with Gasteiger partial charge in [-0.3, -0.25) is 0 Å². The Bertz CT molecular complexity index is 590. The predicted molar refractivity (Wildman–Crippen MR) is 63.9 cm³/mol. The number of nitrogens with zero attached hydrogens (tertiary/aromatic N) is 1. The maximum Gasteiger partial charge on any atom is 0.416 e. The second-order valence-electron chi connectivity index (χ2n) is 3.60. The molecule has 0 bridgehead atoms. The van der Waals surface area contributed by atoms with Gasteiger partial charge in [0.15, 0.2) is 0 Å². The fourth-order valence-electron chi connectivity index (χ4n) is 1.40. The number of carbonyl (C=O) groups is 1. The smallest absolute Gasteiger partial charge is 0.416 e. The Labute approximate surface area is 110 Å². The zero-order valence-electron chi connectivity index (χ0n) is 9.69. The minimum absolute atomic E-state index is 0.303. The lowest BCUT2D eigenvalue weighted by molar-refractivity contribution is -0.137. The van der Waals surface area contributed by atoms with Gasteiger partial charge in [0.25, 0.3) is 0 Å². The molecule has 19 heavy (non-hydrogen) atoms. The van der Waals surface area contributed by atoms with Crippen molar-refractivity contribution in [1.29, 1.82) is 0 Å². The summed E-state index contributed by atoms with van der Waals surface area (Å²) in [6, 6.07) is 4.61. The molecule has 0 spiro atoms. The van der Waals surface area contributed by atoms with Gasteiger partial charge >= 0.3 is 12.1 Å². The van der Waals surface area contributed by atoms with Crippen LogP contribution in [0.15, 0.2) is 30.5 Å². The molecule has 7 heteroatoms. The predicted octanol–water partition coefficient (Wildman–Crippen LogP) is 3.62. The van der Waals surface area contributed by atoms with Crippen LogP contribution in [0.2, 0.25) is 0 Å². The van der Waals surface area contributed by atoms with Crippen molar-refractivity contribution in [3.8, 4) is 10.6 Å². The lowest BCUT2D eigenvalue weighted by Crippen LogP contribution is -2.03. The van der Waals surface area contributed by atoms with E-state index in [1.165, 1.54) is 25.4 Å². The van der Waals surface area contributed by atoms with Crippen LogP contribution in [0.25, 0.3) is 10.6 Å². The normalized spacial score (nSPS) is 11.4. The van der Waals surface area contributed by atoms with Gasteiger partial charge in [0.2, 0.25) is 0 Å². The van der Waals surface area contributed by atoms with E-state index in [1.807, 2.05) is 0 Å². The van der Waals surface area contributed by atoms with Crippen molar-refractivity contribution >= 4 is 17.3 Å². The topological polar surface area (TPSA) is 39.2 Å². The number of aromatic nitrogens is 1. The first-order valence-corrected chi connectivity index (χ1v) is 5.95. The van der Waals surface area contributed by atoms with Crippen LogP contribution in [0.1, 0.15) is 15.2 Å². The molecule has 2 rings (SSSR count). The number of ether oxygens (including phenoxy) is 1. The van der Waals surface area contributed by atoms with E-state index in [-0.39, 0.29) is 0 Å². The van der Waals surface area contributed by atoms with Gasteiger partial charge in [0.1, 0.15) is 9.88 Å². The third-order valence-corrected chi connectivity index (χ3v) is 3.38. The number of rotatable bonds is 2. The van der Waals surface area contributed by atoms with Crippen molar-refractivity contribution in [1.82, 2.24) is 4.98 Å². The van der Waals surface area contributed by atoms with E-state index in [2.05, 4.69) is 9.72 Å². The minimum Gasteiger partial charge on any atom is -0.465 e. The van der Waals surface area contributed by atoms with Crippen LogP contribution in [0.3, 0.4) is 0 Å². The molecule has 1 aromatic heterocycles. The first-order valence-electron chi connectivity index (χ1n) is 5.13. The van der Waals surface area contributed by atoms with E-state index in [0.29, 0.717) is 15.4 Å². The first kappa shape index (κ1) is 13.5. The van der Waals surface area contributed by atoms with E-state index >= 15 is 0 Å². The Hall–Kier alpha value is -1.89. The van der Waals surface area contributed by atoms with Crippen molar-refractivity contribution in [2.45, 2.75) is 6.18 Å². The highest BCUT2D eigenvalue weighted by molar-refractivity contribution is 7.16. The van der Waals surface area contributed by atoms with Crippen molar-refractivity contribution in [3.05, 3.63) is 40.9 Å². The summed E-state index contributed by atoms with van der Waals surface area (Å²) in [5, 5.41) is 0.467. The third-order valence-electron chi connectivity index (χ3n) is 2.35. The average molecular weight is 287 g/mol. The molecule has 0 radical (unpaired) electrons. The van der Waals surface area contributed by atoms with Gasteiger partial charge < -0.3 is 4.74 Å². The van der Waals surface area contributed by atoms with Crippen molar-refractivity contribution < 1.29 is 22.7 Å². The highest BCUT2D eigenvalue weighted by Crippen LogP contribution is 2.32. The van der Waals surface area contributed by atoms with Crippen LogP contribution in [0.4, 0.5) is 13.2 Å². The van der Waals surface area contributed by atoms with E-state index in [9.17, 15) is 18.0 Å². The number of benzene rings is 1. The molecule has 100 valence electrons. The van der Waals surface area contributed by atoms with E-state index in [0.717, 1.165) is 23.5 Å². The number of halogens is 3. The summed E-state index contributed by atoms with van der Waals surface area (Å²) in [4.78, 5) is 15.5. The van der Waals surface area contributed by atoms with Crippen LogP contribution in [0.5, 0.6) is 0 Å². The van der Waals surface area contributed by atoms with Gasteiger partial charge in [-0.15, -0.1) is 11.3 Å². The summed E-state index contributed by atoms with van der Waals surface area (Å²) in [5.74, 6) is -0.518. The summed E-state index contributed by atoms with van der Waals surface area (Å²) in [6.45, 7) is 0. The quantitative estimate of drug-likeness (QED) is 0.792. The molecule has 2 aromatic rings. The zero-order chi connectivity index (χ0) is 14.0. The van der Waals surface area contributed by atoms with Gasteiger partial charge in [0.05, 0.1) is 18.9 Å². The van der Waals surface area contributed by atoms with Gasteiger partial charge in [0, 0.05) is 5.56 Å². The van der Waals surface area contributed by atoms with Crippen LogP contribution >= 0.6 is 11.3 Å². The molecule has 1 aromatic carbocycles. The number of carbonyl (C=O) groups excluding carboxylic acids is 1. The van der Waals surface area contributed by atoms with Crippen molar-refractivity contribution in [3.63, 3.8) is 0 Å². The average Bonchev–Trinajstić information content (AvgIpc) is 2.86. The SMILES string of the molecule is COC(=O)c1cnc(-c2ccc(C(F)(F)F)cc2)s1. The first-order chi connectivity index (χ1) is 8.91. The summed E-state index contributed by atoms with van der Waals surface area (Å²) in [6.07, 6.45) is -3.03. The van der Waals surface area contributed by atoms with Crippen molar-refractivity contribution in [2.24, 2.45) is 0 Å². The molecule has 3 nitrogen and oxygen atoms in total. The molecule has 1 heterocycles. The second kappa shape index (κ2) is 5.00. The van der Waals surface area contributed by atoms with Gasteiger partial charge in [-0.2, -0.15) is 13.2 Å². The summed E-state index contributed by atoms with van der Waals surface area (Å²) in [7, 11) is 1.25. The monoisotopic (exact) mass is 287 g/mol. The molecular weight excluding hydrogens is 279 g/mol. The number of hydrogen-bond acceptors (Lipinski definition) is 4. The number of thiazole rings is 1. The Morgan fingerprint density at radius 3 is 2.42 bits per heavy atom. The standard InChI is InChI=1S/C12H8F3NO2S/c1-18-11(17)9-6-16-10(19-9)7-2-4-8(5-3-7)12(13,14)15/h2-6H,1H3. The molecule has 0 atom stereocenters. The highest BCUT2D eigenvalue weighted by atomic mass is 32.1. The maximum atomic E-state index is 12.4. The minimum atomic E-state index is -4.36. The fourth-order valence-corrected chi connectivity index (χ4v) is 2.24. The summed E-state index contributed by atoms with van der Waals surface area (Å²) in [5.41, 5.74) is -0.200. The third kappa shape index (κ3) is 2.93. The molecule has 0 saturated heterocycles. The van der Waals surface area contributed by atoms with Crippen LogP contribution in [-0.2, 0) is 10.9 Å². The van der Waals surface area contributed by atoms with Crippen LogP contribution in [-0.4, -0.2) is 18.1 Å². The molecule has 0 aliphatic heterocycles. The number of methoxy groups -OCH3 is 1. The summed E-state index contributed by atoms with van der Waals surface area (Å²) >= 11 is 1.07. The van der Waals surface area contributed by atoms with E-state index in [1.54, 1.807) is 0 Å². The van der Waals surface area contributed by atoms with Crippen molar-refractivity contribution in [2.75, 3.05) is 7.11 Å². The Balaban J connectivity index is 2.28. The molecule has 0 fully saturated rings. The second-order valence-corrected chi connectivity index (χ2v) is 4.63. The molecule has 0 saturated carbocycles. The number of hydrogen-bond donors (Lipinski definition) is 0. The zero-order valence-corrected chi connectivity index (χ0v) is 10.5. The lowest BCUT2D eigenvalue weighted by atomic mass is 10.1. The molecule has 0 unspecified atom stereocenters. The molecule has 0 aliphatic carbocycles. The highest BCUT2D eigenvalue weighted by Gasteiger charge is 2.30.